The van der Waals surface area contributed by atoms with E-state index in [-0.39, 0.29) is 6.61 Å². The van der Waals surface area contributed by atoms with Gasteiger partial charge in [-0.25, -0.2) is 0 Å². The Morgan fingerprint density at radius 3 is 2.90 bits per heavy atom. The third-order valence-electron chi connectivity index (χ3n) is 4.93. The Bertz CT molecular complexity index is 478. The number of aliphatic hydroxyl groups excluding tert-OH is 1. The molecule has 1 aromatic heterocycles. The van der Waals surface area contributed by atoms with Crippen molar-refractivity contribution in [3.05, 3.63) is 17.0 Å². The van der Waals surface area contributed by atoms with E-state index < -0.39 is 0 Å². The second-order valence-electron chi connectivity index (χ2n) is 6.36. The molecular weight excluding hydrogens is 254 g/mol. The third-order valence-corrected chi connectivity index (χ3v) is 4.93. The molecule has 3 rings (SSSR count). The van der Waals surface area contributed by atoms with Crippen molar-refractivity contribution in [2.75, 3.05) is 32.9 Å². The van der Waals surface area contributed by atoms with Gasteiger partial charge < -0.3 is 9.84 Å². The highest BCUT2D eigenvalue weighted by Gasteiger charge is 2.41. The fourth-order valence-corrected chi connectivity index (χ4v) is 3.63. The van der Waals surface area contributed by atoms with Crippen LogP contribution in [0.25, 0.3) is 0 Å². The van der Waals surface area contributed by atoms with Gasteiger partial charge in [-0.1, -0.05) is 0 Å². The minimum Gasteiger partial charge on any atom is -0.394 e. The quantitative estimate of drug-likeness (QED) is 0.897. The lowest BCUT2D eigenvalue weighted by Gasteiger charge is -2.22. The van der Waals surface area contributed by atoms with E-state index in [9.17, 15) is 0 Å². The zero-order chi connectivity index (χ0) is 14.2. The molecule has 1 N–H and O–H groups in total. The van der Waals surface area contributed by atoms with Crippen molar-refractivity contribution in [1.82, 2.24) is 14.7 Å². The van der Waals surface area contributed by atoms with E-state index >= 15 is 0 Å². The Labute approximate surface area is 120 Å². The molecule has 2 aliphatic rings. The summed E-state index contributed by atoms with van der Waals surface area (Å²) in [5.74, 6) is 0. The van der Waals surface area contributed by atoms with Crippen molar-refractivity contribution in [3.8, 4) is 0 Å². The number of aromatic nitrogens is 2. The fraction of sp³-hybridized carbons (Fsp3) is 0.800. The van der Waals surface area contributed by atoms with Gasteiger partial charge in [0, 0.05) is 36.4 Å². The van der Waals surface area contributed by atoms with E-state index in [4.69, 9.17) is 9.84 Å². The maximum Gasteiger partial charge on any atom is 0.0644 e. The second-order valence-corrected chi connectivity index (χ2v) is 6.36. The smallest absolute Gasteiger partial charge is 0.0644 e. The van der Waals surface area contributed by atoms with Crippen LogP contribution in [0.4, 0.5) is 0 Å². The predicted octanol–water partition coefficient (Wildman–Crippen LogP) is 1.10. The molecule has 0 bridgehead atoms. The van der Waals surface area contributed by atoms with Crippen molar-refractivity contribution >= 4 is 0 Å². The highest BCUT2D eigenvalue weighted by molar-refractivity contribution is 5.24. The fourth-order valence-electron chi connectivity index (χ4n) is 3.63. The molecule has 2 saturated heterocycles. The highest BCUT2D eigenvalue weighted by Crippen LogP contribution is 2.38. The standard InChI is InChI=1S/C15H25N3O2/c1-12-14(13(2)18(16-12)6-7-19)9-17-5-3-15(10-17)4-8-20-11-15/h19H,3-11H2,1-2H3. The van der Waals surface area contributed by atoms with Gasteiger partial charge in [0.05, 0.1) is 25.5 Å². The lowest BCUT2D eigenvalue weighted by molar-refractivity contribution is 0.151. The van der Waals surface area contributed by atoms with Gasteiger partial charge in [0.25, 0.3) is 0 Å². The van der Waals surface area contributed by atoms with Crippen LogP contribution in [0.15, 0.2) is 0 Å². The molecule has 2 fully saturated rings. The second kappa shape index (κ2) is 5.47. The van der Waals surface area contributed by atoms with E-state index in [0.717, 1.165) is 38.5 Å². The summed E-state index contributed by atoms with van der Waals surface area (Å²) in [5, 5.41) is 13.6. The molecule has 2 aliphatic heterocycles. The average molecular weight is 279 g/mol. The van der Waals surface area contributed by atoms with E-state index in [1.165, 1.54) is 24.1 Å². The number of rotatable bonds is 4. The normalized spacial score (nSPS) is 26.9. The van der Waals surface area contributed by atoms with Gasteiger partial charge in [-0.15, -0.1) is 0 Å². The topological polar surface area (TPSA) is 50.5 Å². The maximum atomic E-state index is 9.08. The molecule has 0 radical (unpaired) electrons. The molecule has 5 nitrogen and oxygen atoms in total. The summed E-state index contributed by atoms with van der Waals surface area (Å²) in [7, 11) is 0. The van der Waals surface area contributed by atoms with Gasteiger partial charge in [0.1, 0.15) is 0 Å². The van der Waals surface area contributed by atoms with E-state index in [0.29, 0.717) is 12.0 Å². The summed E-state index contributed by atoms with van der Waals surface area (Å²) in [6.07, 6.45) is 2.47. The molecule has 1 aromatic rings. The van der Waals surface area contributed by atoms with Crippen molar-refractivity contribution in [3.63, 3.8) is 0 Å². The van der Waals surface area contributed by atoms with Crippen LogP contribution < -0.4 is 0 Å². The molecule has 0 saturated carbocycles. The minimum atomic E-state index is 0.144. The van der Waals surface area contributed by atoms with Gasteiger partial charge in [-0.3, -0.25) is 9.58 Å². The van der Waals surface area contributed by atoms with Crippen LogP contribution in [0.3, 0.4) is 0 Å². The van der Waals surface area contributed by atoms with Crippen LogP contribution in [0, 0.1) is 19.3 Å². The number of hydrogen-bond acceptors (Lipinski definition) is 4. The van der Waals surface area contributed by atoms with Crippen LogP contribution in [-0.2, 0) is 17.8 Å². The van der Waals surface area contributed by atoms with Gasteiger partial charge in [-0.05, 0) is 33.2 Å². The average Bonchev–Trinajstić information content (AvgIpc) is 3.10. The first kappa shape index (κ1) is 14.0. The van der Waals surface area contributed by atoms with Crippen LogP contribution >= 0.6 is 0 Å². The first-order valence-corrected chi connectivity index (χ1v) is 7.57. The summed E-state index contributed by atoms with van der Waals surface area (Å²) in [5.41, 5.74) is 4.04. The third kappa shape index (κ3) is 2.50. The molecule has 0 aliphatic carbocycles. The van der Waals surface area contributed by atoms with Crippen LogP contribution in [0.2, 0.25) is 0 Å². The van der Waals surface area contributed by atoms with Crippen molar-refractivity contribution in [2.24, 2.45) is 5.41 Å². The molecule has 0 amide bonds. The molecule has 112 valence electrons. The van der Waals surface area contributed by atoms with Crippen molar-refractivity contribution in [1.29, 1.82) is 0 Å². The largest absolute Gasteiger partial charge is 0.394 e. The summed E-state index contributed by atoms with van der Waals surface area (Å²) < 4.78 is 7.52. The number of nitrogens with zero attached hydrogens (tertiary/aromatic N) is 3. The van der Waals surface area contributed by atoms with E-state index in [2.05, 4.69) is 23.8 Å². The minimum absolute atomic E-state index is 0.144. The number of aliphatic hydroxyl groups is 1. The first-order valence-electron chi connectivity index (χ1n) is 7.57. The van der Waals surface area contributed by atoms with Crippen molar-refractivity contribution in [2.45, 2.75) is 39.8 Å². The zero-order valence-electron chi connectivity index (χ0n) is 12.6. The summed E-state index contributed by atoms with van der Waals surface area (Å²) >= 11 is 0. The molecule has 5 heteroatoms. The SMILES string of the molecule is Cc1nn(CCO)c(C)c1CN1CCC2(CCOC2)C1. The number of hydrogen-bond donors (Lipinski definition) is 1. The van der Waals surface area contributed by atoms with Gasteiger partial charge in [0.15, 0.2) is 0 Å². The number of ether oxygens (including phenoxy) is 1. The Kier molecular flexibility index (Phi) is 3.84. The highest BCUT2D eigenvalue weighted by atomic mass is 16.5. The molecule has 1 spiro atoms. The molecule has 20 heavy (non-hydrogen) atoms. The van der Waals surface area contributed by atoms with Crippen LogP contribution in [0.1, 0.15) is 29.8 Å². The Balaban J connectivity index is 1.69. The van der Waals surface area contributed by atoms with Crippen molar-refractivity contribution < 1.29 is 9.84 Å². The first-order chi connectivity index (χ1) is 9.63. The number of likely N-dealkylation sites (tertiary alicyclic amines) is 1. The molecular formula is C15H25N3O2. The van der Waals surface area contributed by atoms with Gasteiger partial charge in [-0.2, -0.15) is 5.10 Å². The molecule has 1 atom stereocenters. The lowest BCUT2D eigenvalue weighted by Crippen LogP contribution is -2.27. The Morgan fingerprint density at radius 2 is 2.20 bits per heavy atom. The zero-order valence-corrected chi connectivity index (χ0v) is 12.6. The molecule has 0 aromatic carbocycles. The monoisotopic (exact) mass is 279 g/mol. The van der Waals surface area contributed by atoms with Gasteiger partial charge in [0.2, 0.25) is 0 Å². The van der Waals surface area contributed by atoms with E-state index in [1.54, 1.807) is 0 Å². The molecule has 3 heterocycles. The van der Waals surface area contributed by atoms with Crippen LogP contribution in [-0.4, -0.2) is 52.7 Å². The summed E-state index contributed by atoms with van der Waals surface area (Å²) in [6, 6.07) is 0. The summed E-state index contributed by atoms with van der Waals surface area (Å²) in [4.78, 5) is 2.54. The van der Waals surface area contributed by atoms with E-state index in [1.807, 2.05) is 4.68 Å². The Morgan fingerprint density at radius 1 is 1.35 bits per heavy atom. The van der Waals surface area contributed by atoms with Crippen LogP contribution in [0.5, 0.6) is 0 Å². The maximum absolute atomic E-state index is 9.08. The van der Waals surface area contributed by atoms with Gasteiger partial charge >= 0.3 is 0 Å². The Hall–Kier alpha value is -0.910. The number of aryl methyl sites for hydroxylation is 1. The lowest BCUT2D eigenvalue weighted by atomic mass is 9.87. The molecule has 1 unspecified atom stereocenters. The predicted molar refractivity (Wildman–Crippen MR) is 76.5 cm³/mol. The summed E-state index contributed by atoms with van der Waals surface area (Å²) in [6.45, 7) is 10.1.